The molecular formula is C17H23N5O4. The number of nitrogens with zero attached hydrogens (tertiary/aromatic N) is 3. The zero-order chi connectivity index (χ0) is 18.1. The van der Waals surface area contributed by atoms with Gasteiger partial charge < -0.3 is 25.0 Å². The summed E-state index contributed by atoms with van der Waals surface area (Å²) in [6, 6.07) is -0.310. The molecule has 9 heteroatoms. The lowest BCUT2D eigenvalue weighted by atomic mass is 9.71. The highest BCUT2D eigenvalue weighted by Gasteiger charge is 2.54. The summed E-state index contributed by atoms with van der Waals surface area (Å²) >= 11 is 0. The minimum atomic E-state index is -0.232. The second-order valence-corrected chi connectivity index (χ2v) is 6.88. The Labute approximate surface area is 151 Å². The van der Waals surface area contributed by atoms with Crippen LogP contribution in [0.2, 0.25) is 0 Å². The smallest absolute Gasteiger partial charge is 0.254 e. The predicted molar refractivity (Wildman–Crippen MR) is 91.8 cm³/mol. The van der Waals surface area contributed by atoms with E-state index in [1.807, 2.05) is 4.90 Å². The zero-order valence-corrected chi connectivity index (χ0v) is 14.7. The van der Waals surface area contributed by atoms with Crippen LogP contribution in [0.15, 0.2) is 12.4 Å². The number of rotatable bonds is 4. The molecule has 4 atom stereocenters. The summed E-state index contributed by atoms with van der Waals surface area (Å²) in [7, 11) is 0. The fourth-order valence-electron chi connectivity index (χ4n) is 3.91. The number of fused-ring (bicyclic) bond motifs is 1. The molecule has 26 heavy (non-hydrogen) atoms. The Hall–Kier alpha value is -2.26. The van der Waals surface area contributed by atoms with Gasteiger partial charge in [0.25, 0.3) is 5.91 Å². The van der Waals surface area contributed by atoms with Gasteiger partial charge in [0.15, 0.2) is 0 Å². The second kappa shape index (κ2) is 7.16. The third-order valence-corrected chi connectivity index (χ3v) is 5.25. The van der Waals surface area contributed by atoms with Gasteiger partial charge in [-0.2, -0.15) is 0 Å². The molecule has 3 aliphatic rings. The van der Waals surface area contributed by atoms with Crippen LogP contribution >= 0.6 is 0 Å². The van der Waals surface area contributed by atoms with E-state index >= 15 is 0 Å². The van der Waals surface area contributed by atoms with Gasteiger partial charge in [-0.05, 0) is 6.42 Å². The van der Waals surface area contributed by atoms with Crippen LogP contribution in [0.5, 0.6) is 0 Å². The number of carbonyl (C=O) groups excluding carboxylic acids is 2. The van der Waals surface area contributed by atoms with Crippen molar-refractivity contribution >= 4 is 17.8 Å². The van der Waals surface area contributed by atoms with Crippen LogP contribution in [0.1, 0.15) is 23.7 Å². The summed E-state index contributed by atoms with van der Waals surface area (Å²) in [6.07, 6.45) is 3.96. The molecule has 140 valence electrons. The largest absolute Gasteiger partial charge is 0.378 e. The average Bonchev–Trinajstić information content (AvgIpc) is 3.09. The Balaban J connectivity index is 1.40. The molecule has 2 amide bonds. The SMILES string of the molecule is CC(=O)N[C@@H]1[C@@H](NC(=O)c2cnc(N3CCOCC3)nc2)[C@H]2CCO[C@H]21. The molecule has 1 aliphatic carbocycles. The maximum absolute atomic E-state index is 12.6. The molecule has 1 saturated carbocycles. The van der Waals surface area contributed by atoms with Crippen molar-refractivity contribution in [3.8, 4) is 0 Å². The highest BCUT2D eigenvalue weighted by atomic mass is 16.5. The monoisotopic (exact) mass is 361 g/mol. The van der Waals surface area contributed by atoms with Crippen molar-refractivity contribution in [2.75, 3.05) is 37.8 Å². The molecule has 0 bridgehead atoms. The first-order chi connectivity index (χ1) is 12.6. The fourth-order valence-corrected chi connectivity index (χ4v) is 3.91. The van der Waals surface area contributed by atoms with Crippen molar-refractivity contribution in [3.05, 3.63) is 18.0 Å². The minimum absolute atomic E-state index is 0.0100. The quantitative estimate of drug-likeness (QED) is 0.733. The molecule has 0 spiro atoms. The number of amides is 2. The lowest BCUT2D eigenvalue weighted by Gasteiger charge is -2.47. The van der Waals surface area contributed by atoms with E-state index in [-0.39, 0.29) is 35.9 Å². The highest BCUT2D eigenvalue weighted by Crippen LogP contribution is 2.39. The number of carbonyl (C=O) groups is 2. The summed E-state index contributed by atoms with van der Waals surface area (Å²) < 4.78 is 11.0. The first-order valence-electron chi connectivity index (χ1n) is 8.98. The van der Waals surface area contributed by atoms with E-state index < -0.39 is 0 Å². The van der Waals surface area contributed by atoms with Gasteiger partial charge in [-0.1, -0.05) is 0 Å². The van der Waals surface area contributed by atoms with Crippen molar-refractivity contribution in [1.82, 2.24) is 20.6 Å². The van der Waals surface area contributed by atoms with Crippen LogP contribution in [0, 0.1) is 5.92 Å². The molecule has 0 aromatic carbocycles. The second-order valence-electron chi connectivity index (χ2n) is 6.88. The number of morpholine rings is 1. The summed E-state index contributed by atoms with van der Waals surface area (Å²) in [5.41, 5.74) is 0.408. The van der Waals surface area contributed by atoms with Crippen LogP contribution < -0.4 is 15.5 Å². The van der Waals surface area contributed by atoms with E-state index in [0.29, 0.717) is 31.3 Å². The maximum Gasteiger partial charge on any atom is 0.254 e. The zero-order valence-electron chi connectivity index (χ0n) is 14.7. The highest BCUT2D eigenvalue weighted by molar-refractivity contribution is 5.94. The molecule has 2 N–H and O–H groups in total. The van der Waals surface area contributed by atoms with Crippen molar-refractivity contribution in [2.24, 2.45) is 5.92 Å². The molecule has 9 nitrogen and oxygen atoms in total. The summed E-state index contributed by atoms with van der Waals surface area (Å²) in [5.74, 6) is 0.490. The average molecular weight is 361 g/mol. The first kappa shape index (κ1) is 17.2. The van der Waals surface area contributed by atoms with Gasteiger partial charge in [-0.3, -0.25) is 9.59 Å². The molecule has 4 rings (SSSR count). The Morgan fingerprint density at radius 2 is 1.85 bits per heavy atom. The molecule has 1 aromatic heterocycles. The van der Waals surface area contributed by atoms with Crippen molar-refractivity contribution in [2.45, 2.75) is 31.5 Å². The standard InChI is InChI=1S/C17H23N5O4/c1-10(23)20-14-13(12-2-5-26-15(12)14)21-16(24)11-8-18-17(19-9-11)22-3-6-25-7-4-22/h8-9,12-15H,2-7H2,1H3,(H,20,23)(H,21,24)/t12-,13+,14-,15-/m1/s1. The van der Waals surface area contributed by atoms with E-state index in [1.165, 1.54) is 6.92 Å². The number of ether oxygens (including phenoxy) is 2. The number of nitrogens with one attached hydrogen (secondary N) is 2. The number of hydrogen-bond donors (Lipinski definition) is 2. The summed E-state index contributed by atoms with van der Waals surface area (Å²) in [6.45, 7) is 4.93. The minimum Gasteiger partial charge on any atom is -0.378 e. The molecule has 2 aliphatic heterocycles. The van der Waals surface area contributed by atoms with Gasteiger partial charge in [-0.15, -0.1) is 0 Å². The van der Waals surface area contributed by atoms with Gasteiger partial charge in [0.2, 0.25) is 11.9 Å². The van der Waals surface area contributed by atoms with Gasteiger partial charge in [0.05, 0.1) is 37.0 Å². The number of anilines is 1. The van der Waals surface area contributed by atoms with Crippen LogP contribution in [-0.2, 0) is 14.3 Å². The van der Waals surface area contributed by atoms with E-state index in [2.05, 4.69) is 20.6 Å². The number of hydrogen-bond acceptors (Lipinski definition) is 7. The summed E-state index contributed by atoms with van der Waals surface area (Å²) in [5, 5.41) is 5.89. The van der Waals surface area contributed by atoms with Crippen LogP contribution in [0.3, 0.4) is 0 Å². The first-order valence-corrected chi connectivity index (χ1v) is 8.98. The van der Waals surface area contributed by atoms with E-state index in [4.69, 9.17) is 9.47 Å². The summed E-state index contributed by atoms with van der Waals surface area (Å²) in [4.78, 5) is 34.6. The molecular weight excluding hydrogens is 338 g/mol. The van der Waals surface area contributed by atoms with E-state index in [9.17, 15) is 9.59 Å². The third-order valence-electron chi connectivity index (χ3n) is 5.25. The lowest BCUT2D eigenvalue weighted by molar-refractivity contribution is -0.123. The lowest BCUT2D eigenvalue weighted by Crippen LogP contribution is -2.70. The molecule has 2 saturated heterocycles. The molecule has 3 fully saturated rings. The number of aromatic nitrogens is 2. The van der Waals surface area contributed by atoms with Gasteiger partial charge in [0.1, 0.15) is 0 Å². The van der Waals surface area contributed by atoms with Crippen molar-refractivity contribution < 1.29 is 19.1 Å². The molecule has 1 aromatic rings. The third kappa shape index (κ3) is 3.24. The van der Waals surface area contributed by atoms with Crippen LogP contribution in [-0.4, -0.2) is 72.9 Å². The fraction of sp³-hybridized carbons (Fsp3) is 0.647. The molecule has 3 heterocycles. The van der Waals surface area contributed by atoms with Crippen molar-refractivity contribution in [1.29, 1.82) is 0 Å². The Kier molecular flexibility index (Phi) is 4.73. The van der Waals surface area contributed by atoms with Gasteiger partial charge in [-0.25, -0.2) is 9.97 Å². The van der Waals surface area contributed by atoms with Gasteiger partial charge in [0, 0.05) is 44.9 Å². The Morgan fingerprint density at radius 3 is 2.54 bits per heavy atom. The Morgan fingerprint density at radius 1 is 1.12 bits per heavy atom. The van der Waals surface area contributed by atoms with Crippen molar-refractivity contribution in [3.63, 3.8) is 0 Å². The van der Waals surface area contributed by atoms with E-state index in [1.54, 1.807) is 12.4 Å². The van der Waals surface area contributed by atoms with Crippen LogP contribution in [0.4, 0.5) is 5.95 Å². The maximum atomic E-state index is 12.6. The normalized spacial score (nSPS) is 30.3. The van der Waals surface area contributed by atoms with Gasteiger partial charge >= 0.3 is 0 Å². The van der Waals surface area contributed by atoms with E-state index in [0.717, 1.165) is 19.5 Å². The molecule has 0 radical (unpaired) electrons. The molecule has 0 unspecified atom stereocenters. The topological polar surface area (TPSA) is 106 Å². The Bertz CT molecular complexity index is 676. The predicted octanol–water partition coefficient (Wildman–Crippen LogP) is -0.665. The van der Waals surface area contributed by atoms with Crippen LogP contribution in [0.25, 0.3) is 0 Å².